The van der Waals surface area contributed by atoms with E-state index < -0.39 is 0 Å². The SMILES string of the molecule is CCOC(=O)c1sc2ncnc(NC[C@@H](C)N(CC)CC)c2c1C. The number of aryl methyl sites for hydroxylation is 1. The maximum atomic E-state index is 12.1. The summed E-state index contributed by atoms with van der Waals surface area (Å²) in [7, 11) is 0. The van der Waals surface area contributed by atoms with Crippen LogP contribution in [0.2, 0.25) is 0 Å². The van der Waals surface area contributed by atoms with Gasteiger partial charge >= 0.3 is 5.97 Å². The van der Waals surface area contributed by atoms with Crippen molar-refractivity contribution >= 4 is 33.3 Å². The van der Waals surface area contributed by atoms with Gasteiger partial charge in [0.25, 0.3) is 0 Å². The average molecular weight is 350 g/mol. The molecule has 2 aromatic heterocycles. The molecule has 1 atom stereocenters. The van der Waals surface area contributed by atoms with Crippen LogP contribution in [0.3, 0.4) is 0 Å². The van der Waals surface area contributed by atoms with Crippen LogP contribution in [0, 0.1) is 6.92 Å². The molecule has 6 nitrogen and oxygen atoms in total. The first-order valence-electron chi connectivity index (χ1n) is 8.42. The van der Waals surface area contributed by atoms with Crippen molar-refractivity contribution in [3.8, 4) is 0 Å². The predicted molar refractivity (Wildman–Crippen MR) is 99.0 cm³/mol. The van der Waals surface area contributed by atoms with Gasteiger partial charge in [0.15, 0.2) is 0 Å². The molecule has 0 spiro atoms. The number of hydrogen-bond donors (Lipinski definition) is 1. The van der Waals surface area contributed by atoms with E-state index in [0.29, 0.717) is 17.5 Å². The standard InChI is InChI=1S/C17H26N4O2S/c1-6-21(7-2)11(4)9-18-15-13-12(5)14(17(22)23-8-3)24-16(13)20-10-19-15/h10-11H,6-9H2,1-5H3,(H,18,19,20)/t11-/m1/s1. The Morgan fingerprint density at radius 3 is 2.67 bits per heavy atom. The van der Waals surface area contributed by atoms with Gasteiger partial charge in [0.1, 0.15) is 21.9 Å². The molecule has 0 aliphatic heterocycles. The molecule has 0 aliphatic carbocycles. The number of esters is 1. The Balaban J connectivity index is 2.26. The van der Waals surface area contributed by atoms with Crippen LogP contribution in [0.5, 0.6) is 0 Å². The molecule has 1 N–H and O–H groups in total. The molecule has 0 aromatic carbocycles. The number of rotatable bonds is 8. The number of carbonyl (C=O) groups excluding carboxylic acids is 1. The Bertz CT molecular complexity index is 697. The van der Waals surface area contributed by atoms with Crippen LogP contribution in [0.25, 0.3) is 10.2 Å². The molecule has 0 unspecified atom stereocenters. The van der Waals surface area contributed by atoms with E-state index >= 15 is 0 Å². The van der Waals surface area contributed by atoms with Crippen LogP contribution in [-0.2, 0) is 4.74 Å². The fraction of sp³-hybridized carbons (Fsp3) is 0.588. The molecule has 0 radical (unpaired) electrons. The topological polar surface area (TPSA) is 67.3 Å². The van der Waals surface area contributed by atoms with Crippen LogP contribution < -0.4 is 5.32 Å². The lowest BCUT2D eigenvalue weighted by molar-refractivity contribution is 0.0531. The van der Waals surface area contributed by atoms with Gasteiger partial charge < -0.3 is 10.1 Å². The van der Waals surface area contributed by atoms with E-state index in [0.717, 1.165) is 41.2 Å². The van der Waals surface area contributed by atoms with E-state index in [1.54, 1.807) is 0 Å². The zero-order chi connectivity index (χ0) is 17.7. The number of hydrogen-bond acceptors (Lipinski definition) is 7. The molecule has 0 aliphatic rings. The second-order valence-corrected chi connectivity index (χ2v) is 6.63. The van der Waals surface area contributed by atoms with Gasteiger partial charge in [-0.15, -0.1) is 11.3 Å². The van der Waals surface area contributed by atoms with Crippen LogP contribution in [0.1, 0.15) is 42.9 Å². The summed E-state index contributed by atoms with van der Waals surface area (Å²) >= 11 is 1.36. The van der Waals surface area contributed by atoms with E-state index in [4.69, 9.17) is 4.74 Å². The second-order valence-electron chi connectivity index (χ2n) is 5.63. The largest absolute Gasteiger partial charge is 0.462 e. The van der Waals surface area contributed by atoms with Gasteiger partial charge in [0, 0.05) is 12.6 Å². The number of anilines is 1. The third kappa shape index (κ3) is 3.84. The highest BCUT2D eigenvalue weighted by Gasteiger charge is 2.20. The number of likely N-dealkylation sites (N-methyl/N-ethyl adjacent to an activating group) is 1. The summed E-state index contributed by atoms with van der Waals surface area (Å²) in [4.78, 5) is 24.6. The summed E-state index contributed by atoms with van der Waals surface area (Å²) in [6.07, 6.45) is 1.54. The fourth-order valence-corrected chi connectivity index (χ4v) is 3.86. The number of nitrogens with one attached hydrogen (secondary N) is 1. The molecule has 0 saturated heterocycles. The van der Waals surface area contributed by atoms with E-state index in [9.17, 15) is 4.79 Å². The van der Waals surface area contributed by atoms with E-state index in [1.165, 1.54) is 17.7 Å². The van der Waals surface area contributed by atoms with Gasteiger partial charge in [-0.05, 0) is 39.4 Å². The van der Waals surface area contributed by atoms with Crippen LogP contribution in [0.4, 0.5) is 5.82 Å². The maximum absolute atomic E-state index is 12.1. The summed E-state index contributed by atoms with van der Waals surface area (Å²) < 4.78 is 5.13. The molecule has 132 valence electrons. The lowest BCUT2D eigenvalue weighted by Gasteiger charge is -2.26. The number of ether oxygens (including phenoxy) is 1. The number of aromatic nitrogens is 2. The molecule has 0 saturated carbocycles. The van der Waals surface area contributed by atoms with Crippen molar-refractivity contribution in [3.05, 3.63) is 16.8 Å². The van der Waals surface area contributed by atoms with Gasteiger partial charge in [-0.3, -0.25) is 4.90 Å². The molecule has 7 heteroatoms. The number of nitrogens with zero attached hydrogens (tertiary/aromatic N) is 3. The molecule has 0 fully saturated rings. The summed E-state index contributed by atoms with van der Waals surface area (Å²) in [6, 6.07) is 0.397. The van der Waals surface area contributed by atoms with Crippen molar-refractivity contribution in [3.63, 3.8) is 0 Å². The maximum Gasteiger partial charge on any atom is 0.348 e. The van der Waals surface area contributed by atoms with E-state index in [2.05, 4.69) is 41.0 Å². The third-order valence-corrected chi connectivity index (χ3v) is 5.37. The van der Waals surface area contributed by atoms with Crippen LogP contribution in [-0.4, -0.2) is 53.1 Å². The lowest BCUT2D eigenvalue weighted by Crippen LogP contribution is -2.37. The van der Waals surface area contributed by atoms with Gasteiger partial charge in [0.05, 0.1) is 12.0 Å². The van der Waals surface area contributed by atoms with Crippen LogP contribution >= 0.6 is 11.3 Å². The Morgan fingerprint density at radius 1 is 1.33 bits per heavy atom. The van der Waals surface area contributed by atoms with Crippen molar-refractivity contribution in [2.45, 2.75) is 40.7 Å². The minimum atomic E-state index is -0.291. The summed E-state index contributed by atoms with van der Waals surface area (Å²) in [5, 5.41) is 4.34. The molecule has 2 rings (SSSR count). The van der Waals surface area contributed by atoms with Gasteiger partial charge in [0.2, 0.25) is 0 Å². The Hall–Kier alpha value is -1.73. The highest BCUT2D eigenvalue weighted by atomic mass is 32.1. The zero-order valence-electron chi connectivity index (χ0n) is 15.0. The van der Waals surface area contributed by atoms with Gasteiger partial charge in [-0.25, -0.2) is 14.8 Å². The highest BCUT2D eigenvalue weighted by molar-refractivity contribution is 7.20. The minimum absolute atomic E-state index is 0.291. The lowest BCUT2D eigenvalue weighted by atomic mass is 10.2. The van der Waals surface area contributed by atoms with Crippen molar-refractivity contribution in [2.75, 3.05) is 31.6 Å². The van der Waals surface area contributed by atoms with Gasteiger partial charge in [-0.2, -0.15) is 0 Å². The van der Waals surface area contributed by atoms with Crippen molar-refractivity contribution in [2.24, 2.45) is 0 Å². The molecule has 2 heterocycles. The van der Waals surface area contributed by atoms with Crippen LogP contribution in [0.15, 0.2) is 6.33 Å². The minimum Gasteiger partial charge on any atom is -0.462 e. The smallest absolute Gasteiger partial charge is 0.348 e. The molecular weight excluding hydrogens is 324 g/mol. The predicted octanol–water partition coefficient (Wildman–Crippen LogP) is 3.32. The van der Waals surface area contributed by atoms with Crippen molar-refractivity contribution in [1.29, 1.82) is 0 Å². The normalized spacial score (nSPS) is 12.6. The van der Waals surface area contributed by atoms with Crippen molar-refractivity contribution < 1.29 is 9.53 Å². The molecule has 0 amide bonds. The Morgan fingerprint density at radius 2 is 2.04 bits per heavy atom. The monoisotopic (exact) mass is 350 g/mol. The summed E-state index contributed by atoms with van der Waals surface area (Å²) in [5.74, 6) is 0.490. The molecular formula is C17H26N4O2S. The molecule has 2 aromatic rings. The second kappa shape index (κ2) is 8.39. The first-order chi connectivity index (χ1) is 11.5. The number of carbonyl (C=O) groups is 1. The summed E-state index contributed by atoms with van der Waals surface area (Å²) in [6.45, 7) is 13.4. The van der Waals surface area contributed by atoms with Crippen molar-refractivity contribution in [1.82, 2.24) is 14.9 Å². The van der Waals surface area contributed by atoms with E-state index in [1.807, 2.05) is 13.8 Å². The quantitative estimate of drug-likeness (QED) is 0.737. The third-order valence-electron chi connectivity index (χ3n) is 4.19. The Labute approximate surface area is 147 Å². The zero-order valence-corrected chi connectivity index (χ0v) is 15.9. The highest BCUT2D eigenvalue weighted by Crippen LogP contribution is 2.33. The number of thiophene rings is 1. The fourth-order valence-electron chi connectivity index (χ4n) is 2.82. The van der Waals surface area contributed by atoms with Gasteiger partial charge in [-0.1, -0.05) is 13.8 Å². The molecule has 24 heavy (non-hydrogen) atoms. The van der Waals surface area contributed by atoms with E-state index in [-0.39, 0.29) is 5.97 Å². The first-order valence-corrected chi connectivity index (χ1v) is 9.24. The number of fused-ring (bicyclic) bond motifs is 1. The Kier molecular flexibility index (Phi) is 6.51. The first kappa shape index (κ1) is 18.6. The summed E-state index contributed by atoms with van der Waals surface area (Å²) in [5.41, 5.74) is 0.882. The molecule has 0 bridgehead atoms. The average Bonchev–Trinajstić information content (AvgIpc) is 2.92.